The summed E-state index contributed by atoms with van der Waals surface area (Å²) in [5.74, 6) is -2.10. The minimum atomic E-state index is -1.11. The first kappa shape index (κ1) is 13.5. The van der Waals surface area contributed by atoms with Crippen LogP contribution < -0.4 is 5.32 Å². The van der Waals surface area contributed by atoms with Crippen LogP contribution in [0.1, 0.15) is 19.8 Å². The van der Waals surface area contributed by atoms with Gasteiger partial charge in [0.05, 0.1) is 18.6 Å². The molecule has 0 bridgehead atoms. The van der Waals surface area contributed by atoms with Gasteiger partial charge in [0.2, 0.25) is 5.91 Å². The highest BCUT2D eigenvalue weighted by atomic mass is 16.5. The van der Waals surface area contributed by atoms with Gasteiger partial charge in [0.1, 0.15) is 6.04 Å². The van der Waals surface area contributed by atoms with Crippen LogP contribution in [0.15, 0.2) is 0 Å². The van der Waals surface area contributed by atoms with Crippen LogP contribution in [0.25, 0.3) is 0 Å². The number of carboxylic acid groups (broad SMARTS) is 1. The summed E-state index contributed by atoms with van der Waals surface area (Å²) in [6, 6.07) is 0.895. The number of amides is 1. The highest BCUT2D eigenvalue weighted by molar-refractivity contribution is 5.85. The van der Waals surface area contributed by atoms with E-state index in [9.17, 15) is 9.59 Å². The van der Waals surface area contributed by atoms with Crippen molar-refractivity contribution in [2.24, 2.45) is 11.8 Å². The first-order chi connectivity index (χ1) is 8.06. The average Bonchev–Trinajstić information content (AvgIpc) is 2.78. The number of nitrogens with zero attached hydrogens (tertiary/aromatic N) is 1. The van der Waals surface area contributed by atoms with Gasteiger partial charge in [0, 0.05) is 18.9 Å². The number of rotatable bonds is 5. The zero-order chi connectivity index (χ0) is 12.8. The molecule has 17 heavy (non-hydrogen) atoms. The van der Waals surface area contributed by atoms with E-state index in [1.807, 2.05) is 6.07 Å². The minimum Gasteiger partial charge on any atom is -0.480 e. The number of carbonyl (C=O) groups is 2. The van der Waals surface area contributed by atoms with Gasteiger partial charge in [-0.05, 0) is 6.42 Å². The molecule has 1 heterocycles. The largest absolute Gasteiger partial charge is 0.480 e. The van der Waals surface area contributed by atoms with Crippen molar-refractivity contribution in [3.63, 3.8) is 0 Å². The van der Waals surface area contributed by atoms with Crippen molar-refractivity contribution in [2.75, 3.05) is 13.2 Å². The van der Waals surface area contributed by atoms with E-state index in [4.69, 9.17) is 15.1 Å². The predicted molar refractivity (Wildman–Crippen MR) is 57.9 cm³/mol. The van der Waals surface area contributed by atoms with Crippen molar-refractivity contribution in [1.82, 2.24) is 5.32 Å². The SMILES string of the molecule is C[C@@H](CC#N)[C@H](NC(=O)[C@@H]1CCOC1)C(=O)O. The third-order valence-electron chi connectivity index (χ3n) is 2.85. The van der Waals surface area contributed by atoms with Crippen LogP contribution in [0.2, 0.25) is 0 Å². The van der Waals surface area contributed by atoms with Crippen LogP contribution in [0.3, 0.4) is 0 Å². The van der Waals surface area contributed by atoms with Gasteiger partial charge in [-0.3, -0.25) is 4.79 Å². The fourth-order valence-corrected chi connectivity index (χ4v) is 1.72. The number of hydrogen-bond acceptors (Lipinski definition) is 4. The molecule has 3 atom stereocenters. The van der Waals surface area contributed by atoms with Crippen molar-refractivity contribution < 1.29 is 19.4 Å². The van der Waals surface area contributed by atoms with E-state index in [1.165, 1.54) is 0 Å². The Labute approximate surface area is 99.6 Å². The normalized spacial score (nSPS) is 22.5. The number of hydrogen-bond donors (Lipinski definition) is 2. The van der Waals surface area contributed by atoms with Crippen LogP contribution in [-0.2, 0) is 14.3 Å². The zero-order valence-electron chi connectivity index (χ0n) is 9.68. The van der Waals surface area contributed by atoms with E-state index in [2.05, 4.69) is 5.32 Å². The van der Waals surface area contributed by atoms with Gasteiger partial charge in [0.25, 0.3) is 0 Å². The summed E-state index contributed by atoms with van der Waals surface area (Å²) in [4.78, 5) is 22.7. The molecule has 0 aromatic heterocycles. The first-order valence-electron chi connectivity index (χ1n) is 5.54. The summed E-state index contributed by atoms with van der Waals surface area (Å²) >= 11 is 0. The second-order valence-corrected chi connectivity index (χ2v) is 4.22. The molecule has 2 N–H and O–H groups in total. The van der Waals surface area contributed by atoms with Crippen molar-refractivity contribution in [3.8, 4) is 6.07 Å². The van der Waals surface area contributed by atoms with E-state index in [0.717, 1.165) is 0 Å². The van der Waals surface area contributed by atoms with E-state index in [1.54, 1.807) is 6.92 Å². The van der Waals surface area contributed by atoms with Gasteiger partial charge in [-0.1, -0.05) is 6.92 Å². The molecular formula is C11H16N2O4. The quantitative estimate of drug-likeness (QED) is 0.712. The Bertz CT molecular complexity index is 331. The lowest BCUT2D eigenvalue weighted by atomic mass is 9.98. The number of carbonyl (C=O) groups excluding carboxylic acids is 1. The molecule has 1 fully saturated rings. The highest BCUT2D eigenvalue weighted by Crippen LogP contribution is 2.14. The molecule has 1 aliphatic heterocycles. The molecule has 1 saturated heterocycles. The van der Waals surface area contributed by atoms with Gasteiger partial charge in [-0.2, -0.15) is 5.26 Å². The molecule has 1 amide bonds. The average molecular weight is 240 g/mol. The second kappa shape index (κ2) is 6.21. The van der Waals surface area contributed by atoms with Crippen LogP contribution >= 0.6 is 0 Å². The Balaban J connectivity index is 2.57. The maximum absolute atomic E-state index is 11.7. The Morgan fingerprint density at radius 2 is 2.35 bits per heavy atom. The molecule has 0 radical (unpaired) electrons. The van der Waals surface area contributed by atoms with E-state index < -0.39 is 17.9 Å². The lowest BCUT2D eigenvalue weighted by Gasteiger charge is -2.20. The number of aliphatic carboxylic acids is 1. The molecule has 0 spiro atoms. The van der Waals surface area contributed by atoms with Gasteiger partial charge in [0.15, 0.2) is 0 Å². The van der Waals surface area contributed by atoms with E-state index in [-0.39, 0.29) is 18.2 Å². The molecule has 0 aromatic rings. The van der Waals surface area contributed by atoms with Gasteiger partial charge in [-0.25, -0.2) is 4.79 Å². The van der Waals surface area contributed by atoms with Crippen LogP contribution in [0, 0.1) is 23.2 Å². The molecule has 6 heteroatoms. The summed E-state index contributed by atoms with van der Waals surface area (Å²) in [6.07, 6.45) is 0.712. The molecule has 1 aliphatic rings. The molecule has 94 valence electrons. The molecule has 6 nitrogen and oxygen atoms in total. The van der Waals surface area contributed by atoms with Crippen molar-refractivity contribution in [3.05, 3.63) is 0 Å². The number of ether oxygens (including phenoxy) is 1. The summed E-state index contributed by atoms with van der Waals surface area (Å²) in [5.41, 5.74) is 0. The predicted octanol–water partition coefficient (Wildman–Crippen LogP) is 0.142. The number of carboxylic acids is 1. The topological polar surface area (TPSA) is 99.4 Å². The van der Waals surface area contributed by atoms with E-state index in [0.29, 0.717) is 19.6 Å². The lowest BCUT2D eigenvalue weighted by Crippen LogP contribution is -2.47. The number of nitrogens with one attached hydrogen (secondary N) is 1. The highest BCUT2D eigenvalue weighted by Gasteiger charge is 2.30. The minimum absolute atomic E-state index is 0.0956. The van der Waals surface area contributed by atoms with Gasteiger partial charge in [-0.15, -0.1) is 0 Å². The molecule has 0 aliphatic carbocycles. The standard InChI is InChI=1S/C11H16N2O4/c1-7(2-4-12)9(11(15)16)13-10(14)8-3-5-17-6-8/h7-9H,2-3,5-6H2,1H3,(H,13,14)(H,15,16)/t7-,8+,9-/m0/s1. The molecule has 0 unspecified atom stereocenters. The maximum Gasteiger partial charge on any atom is 0.326 e. The maximum atomic E-state index is 11.7. The molecule has 0 aromatic carbocycles. The molecular weight excluding hydrogens is 224 g/mol. The van der Waals surface area contributed by atoms with Gasteiger partial charge < -0.3 is 15.2 Å². The number of nitriles is 1. The lowest BCUT2D eigenvalue weighted by molar-refractivity contribution is -0.143. The fraction of sp³-hybridized carbons (Fsp3) is 0.727. The van der Waals surface area contributed by atoms with Crippen LogP contribution in [0.5, 0.6) is 0 Å². The van der Waals surface area contributed by atoms with Crippen molar-refractivity contribution in [1.29, 1.82) is 5.26 Å². The monoisotopic (exact) mass is 240 g/mol. The Morgan fingerprint density at radius 3 is 2.82 bits per heavy atom. The zero-order valence-corrected chi connectivity index (χ0v) is 9.68. The van der Waals surface area contributed by atoms with Crippen molar-refractivity contribution >= 4 is 11.9 Å². The first-order valence-corrected chi connectivity index (χ1v) is 5.54. The Kier molecular flexibility index (Phi) is 4.91. The Morgan fingerprint density at radius 1 is 1.65 bits per heavy atom. The fourth-order valence-electron chi connectivity index (χ4n) is 1.72. The Hall–Kier alpha value is -1.61. The molecule has 0 saturated carbocycles. The van der Waals surface area contributed by atoms with Crippen molar-refractivity contribution in [2.45, 2.75) is 25.8 Å². The smallest absolute Gasteiger partial charge is 0.326 e. The summed E-state index contributed by atoms with van der Waals surface area (Å²) in [6.45, 7) is 2.50. The summed E-state index contributed by atoms with van der Waals surface area (Å²) in [7, 11) is 0. The van der Waals surface area contributed by atoms with Gasteiger partial charge >= 0.3 is 5.97 Å². The van der Waals surface area contributed by atoms with Crippen LogP contribution in [-0.4, -0.2) is 36.2 Å². The summed E-state index contributed by atoms with van der Waals surface area (Å²) in [5, 5.41) is 20.0. The second-order valence-electron chi connectivity index (χ2n) is 4.22. The summed E-state index contributed by atoms with van der Waals surface area (Å²) < 4.78 is 5.07. The van der Waals surface area contributed by atoms with E-state index >= 15 is 0 Å². The third-order valence-corrected chi connectivity index (χ3v) is 2.85. The third kappa shape index (κ3) is 3.71. The molecule has 1 rings (SSSR count). The van der Waals surface area contributed by atoms with Crippen LogP contribution in [0.4, 0.5) is 0 Å².